The highest BCUT2D eigenvalue weighted by Crippen LogP contribution is 2.40. The largest absolute Gasteiger partial charge is 0.455 e. The van der Waals surface area contributed by atoms with Crippen LogP contribution in [0.1, 0.15) is 30.5 Å². The number of fused-ring (bicyclic) bond motifs is 4. The van der Waals surface area contributed by atoms with E-state index in [1.807, 2.05) is 43.5 Å². The van der Waals surface area contributed by atoms with Crippen molar-refractivity contribution in [1.82, 2.24) is 4.98 Å². The Morgan fingerprint density at radius 2 is 1.77 bits per heavy atom. The fraction of sp³-hybridized carbons (Fsp3) is 0.222. The second kappa shape index (κ2) is 6.94. The van der Waals surface area contributed by atoms with Gasteiger partial charge in [0.15, 0.2) is 0 Å². The van der Waals surface area contributed by atoms with Crippen LogP contribution >= 0.6 is 0 Å². The quantitative estimate of drug-likeness (QED) is 0.311. The summed E-state index contributed by atoms with van der Waals surface area (Å²) in [6.45, 7) is 8.26. The predicted octanol–water partition coefficient (Wildman–Crippen LogP) is 7.76. The monoisotopic (exact) mass is 397 g/mol. The minimum Gasteiger partial charge on any atom is -0.455 e. The summed E-state index contributed by atoms with van der Waals surface area (Å²) in [5, 5.41) is 3.53. The maximum absolute atomic E-state index is 15.2. The molecule has 3 heteroatoms. The van der Waals surface area contributed by atoms with E-state index >= 15 is 4.39 Å². The third kappa shape index (κ3) is 2.97. The number of benzene rings is 3. The normalized spacial score (nSPS) is 11.9. The molecule has 30 heavy (non-hydrogen) atoms. The molecular weight excluding hydrogens is 373 g/mol. The average Bonchev–Trinajstić information content (AvgIpc) is 3.08. The van der Waals surface area contributed by atoms with Crippen molar-refractivity contribution in [3.05, 3.63) is 77.2 Å². The second-order valence-corrected chi connectivity index (χ2v) is 8.67. The van der Waals surface area contributed by atoms with Crippen LogP contribution in [0.25, 0.3) is 44.0 Å². The van der Waals surface area contributed by atoms with Crippen molar-refractivity contribution >= 4 is 32.7 Å². The maximum Gasteiger partial charge on any atom is 0.147 e. The molecule has 0 amide bonds. The molecule has 0 radical (unpaired) electrons. The van der Waals surface area contributed by atoms with Crippen LogP contribution in [0, 0.1) is 25.6 Å². The van der Waals surface area contributed by atoms with Gasteiger partial charge in [0.25, 0.3) is 0 Å². The van der Waals surface area contributed by atoms with E-state index in [4.69, 9.17) is 9.40 Å². The van der Waals surface area contributed by atoms with E-state index in [9.17, 15) is 0 Å². The van der Waals surface area contributed by atoms with Crippen molar-refractivity contribution in [2.24, 2.45) is 5.92 Å². The molecule has 0 fully saturated rings. The van der Waals surface area contributed by atoms with Gasteiger partial charge in [-0.25, -0.2) is 4.39 Å². The number of halogens is 1. The molecule has 0 aliphatic rings. The van der Waals surface area contributed by atoms with E-state index in [1.165, 1.54) is 5.56 Å². The van der Waals surface area contributed by atoms with Gasteiger partial charge in [0.1, 0.15) is 17.0 Å². The Morgan fingerprint density at radius 1 is 0.967 bits per heavy atom. The fourth-order valence-corrected chi connectivity index (χ4v) is 4.37. The molecule has 0 N–H and O–H groups in total. The van der Waals surface area contributed by atoms with Crippen molar-refractivity contribution in [2.75, 3.05) is 0 Å². The first-order valence-electron chi connectivity index (χ1n) is 10.4. The maximum atomic E-state index is 15.2. The lowest BCUT2D eigenvalue weighted by Crippen LogP contribution is -1.95. The molecule has 5 aromatic rings. The molecule has 0 unspecified atom stereocenters. The molecular formula is C27H24FNO. The summed E-state index contributed by atoms with van der Waals surface area (Å²) in [5.74, 6) is 0.373. The Morgan fingerprint density at radius 3 is 2.57 bits per heavy atom. The van der Waals surface area contributed by atoms with Crippen LogP contribution in [-0.4, -0.2) is 4.98 Å². The highest BCUT2D eigenvalue weighted by atomic mass is 19.1. The number of aryl methyl sites for hydroxylation is 2. The first kappa shape index (κ1) is 18.8. The molecule has 0 bridgehead atoms. The van der Waals surface area contributed by atoms with Gasteiger partial charge in [-0.2, -0.15) is 0 Å². The van der Waals surface area contributed by atoms with E-state index in [-0.39, 0.29) is 5.82 Å². The molecule has 2 nitrogen and oxygen atoms in total. The number of rotatable bonds is 3. The van der Waals surface area contributed by atoms with E-state index in [0.29, 0.717) is 28.0 Å². The first-order chi connectivity index (χ1) is 14.4. The van der Waals surface area contributed by atoms with Crippen LogP contribution in [0.15, 0.2) is 59.1 Å². The highest BCUT2D eigenvalue weighted by Gasteiger charge is 2.20. The molecule has 0 aliphatic heterocycles. The fourth-order valence-electron chi connectivity index (χ4n) is 4.37. The van der Waals surface area contributed by atoms with Crippen LogP contribution in [0.3, 0.4) is 0 Å². The highest BCUT2D eigenvalue weighted by molar-refractivity contribution is 6.12. The van der Waals surface area contributed by atoms with Crippen molar-refractivity contribution < 1.29 is 8.81 Å². The van der Waals surface area contributed by atoms with Crippen LogP contribution in [-0.2, 0) is 6.42 Å². The van der Waals surface area contributed by atoms with Gasteiger partial charge in [0.2, 0.25) is 0 Å². The predicted molar refractivity (Wildman–Crippen MR) is 122 cm³/mol. The third-order valence-electron chi connectivity index (χ3n) is 5.74. The van der Waals surface area contributed by atoms with Gasteiger partial charge in [0, 0.05) is 22.5 Å². The number of hydrogen-bond donors (Lipinski definition) is 0. The van der Waals surface area contributed by atoms with E-state index in [0.717, 1.165) is 39.4 Å². The second-order valence-electron chi connectivity index (χ2n) is 8.67. The van der Waals surface area contributed by atoms with Crippen molar-refractivity contribution in [3.63, 3.8) is 0 Å². The Balaban J connectivity index is 1.82. The molecule has 150 valence electrons. The standard InChI is InChI=1S/C27H24FNO/c1-15(2)11-18-6-8-20-19(14-18)9-10-29-26(20)22-13-17(4)25(28)24-21-7-5-16(3)12-23(21)30-27(22)24/h5-10,12-15H,11H2,1-4H3. The lowest BCUT2D eigenvalue weighted by atomic mass is 9.96. The minimum absolute atomic E-state index is 0.226. The molecule has 5 rings (SSSR count). The number of nitrogens with zero attached hydrogens (tertiary/aromatic N) is 1. The van der Waals surface area contributed by atoms with Crippen LogP contribution in [0.5, 0.6) is 0 Å². The number of pyridine rings is 1. The summed E-state index contributed by atoms with van der Waals surface area (Å²) < 4.78 is 21.4. The Hall–Kier alpha value is -3.20. The van der Waals surface area contributed by atoms with E-state index in [1.54, 1.807) is 6.92 Å². The summed E-state index contributed by atoms with van der Waals surface area (Å²) >= 11 is 0. The topological polar surface area (TPSA) is 26.0 Å². The van der Waals surface area contributed by atoms with Crippen molar-refractivity contribution in [3.8, 4) is 11.3 Å². The summed E-state index contributed by atoms with van der Waals surface area (Å²) in [6.07, 6.45) is 2.87. The first-order valence-corrected chi connectivity index (χ1v) is 10.4. The summed E-state index contributed by atoms with van der Waals surface area (Å²) in [6, 6.07) is 16.3. The molecule has 2 aromatic heterocycles. The Labute approximate surface area is 175 Å². The zero-order chi connectivity index (χ0) is 21.0. The lowest BCUT2D eigenvalue weighted by Gasteiger charge is -2.11. The van der Waals surface area contributed by atoms with Gasteiger partial charge in [-0.15, -0.1) is 0 Å². The lowest BCUT2D eigenvalue weighted by molar-refractivity contribution is 0.626. The molecule has 0 spiro atoms. The molecule has 3 aromatic carbocycles. The molecule has 0 aliphatic carbocycles. The SMILES string of the molecule is Cc1ccc2c(c1)oc1c(-c3nccc4cc(CC(C)C)ccc34)cc(C)c(F)c12. The van der Waals surface area contributed by atoms with Crippen LogP contribution in [0.4, 0.5) is 4.39 Å². The van der Waals surface area contributed by atoms with Crippen LogP contribution in [0.2, 0.25) is 0 Å². The zero-order valence-corrected chi connectivity index (χ0v) is 17.7. The van der Waals surface area contributed by atoms with Crippen LogP contribution < -0.4 is 0 Å². The number of furan rings is 1. The van der Waals surface area contributed by atoms with Gasteiger partial charge < -0.3 is 4.42 Å². The Bertz CT molecular complexity index is 1430. The van der Waals surface area contributed by atoms with Gasteiger partial charge in [-0.1, -0.05) is 44.2 Å². The van der Waals surface area contributed by atoms with Gasteiger partial charge in [-0.05, 0) is 66.5 Å². The smallest absolute Gasteiger partial charge is 0.147 e. The average molecular weight is 397 g/mol. The molecule has 0 atom stereocenters. The van der Waals surface area contributed by atoms with E-state index in [2.05, 4.69) is 32.0 Å². The number of aromatic nitrogens is 1. The van der Waals surface area contributed by atoms with Crippen molar-refractivity contribution in [2.45, 2.75) is 34.1 Å². The third-order valence-corrected chi connectivity index (χ3v) is 5.74. The molecule has 2 heterocycles. The van der Waals surface area contributed by atoms with Crippen molar-refractivity contribution in [1.29, 1.82) is 0 Å². The molecule has 0 saturated carbocycles. The summed E-state index contributed by atoms with van der Waals surface area (Å²) in [4.78, 5) is 4.69. The zero-order valence-electron chi connectivity index (χ0n) is 17.7. The Kier molecular flexibility index (Phi) is 4.35. The van der Waals surface area contributed by atoms with Gasteiger partial charge in [0.05, 0.1) is 11.1 Å². The molecule has 0 saturated heterocycles. The number of hydrogen-bond acceptors (Lipinski definition) is 2. The van der Waals surface area contributed by atoms with Gasteiger partial charge >= 0.3 is 0 Å². The van der Waals surface area contributed by atoms with Gasteiger partial charge in [-0.3, -0.25) is 4.98 Å². The summed E-state index contributed by atoms with van der Waals surface area (Å²) in [7, 11) is 0. The van der Waals surface area contributed by atoms with E-state index < -0.39 is 0 Å². The minimum atomic E-state index is -0.226. The summed E-state index contributed by atoms with van der Waals surface area (Å²) in [5.41, 5.74) is 5.92.